The smallest absolute Gasteiger partial charge is 0.410 e. The van der Waals surface area contributed by atoms with Gasteiger partial charge in [-0.25, -0.2) is 4.79 Å². The van der Waals surface area contributed by atoms with E-state index in [2.05, 4.69) is 0 Å². The molecule has 2 heterocycles. The normalized spacial score (nSPS) is 20.6. The first-order valence-electron chi connectivity index (χ1n) is 10.8. The van der Waals surface area contributed by atoms with Crippen LogP contribution in [0.1, 0.15) is 53.5 Å². The van der Waals surface area contributed by atoms with Crippen LogP contribution in [0, 0.1) is 0 Å². The number of likely N-dealkylation sites (tertiary alicyclic amines) is 1. The number of fused-ring (bicyclic) bond motifs is 1. The van der Waals surface area contributed by atoms with E-state index in [-0.39, 0.29) is 42.7 Å². The molecule has 32 heavy (non-hydrogen) atoms. The molecule has 2 aromatic rings. The average Bonchev–Trinajstić information content (AvgIpc) is 3.26. The number of amides is 3. The summed E-state index contributed by atoms with van der Waals surface area (Å²) in [5.41, 5.74) is 1.31. The summed E-state index contributed by atoms with van der Waals surface area (Å²) in [5.74, 6) is -0.660. The van der Waals surface area contributed by atoms with Crippen LogP contribution in [0.2, 0.25) is 0 Å². The van der Waals surface area contributed by atoms with Crippen molar-refractivity contribution < 1.29 is 23.9 Å². The van der Waals surface area contributed by atoms with E-state index in [0.29, 0.717) is 24.1 Å². The molecule has 0 bridgehead atoms. The topological polar surface area (TPSA) is 76.2 Å². The molecule has 0 radical (unpaired) electrons. The van der Waals surface area contributed by atoms with Crippen LogP contribution in [0.4, 0.5) is 4.79 Å². The number of hydrogen-bond acceptors (Lipinski definition) is 5. The van der Waals surface area contributed by atoms with E-state index in [9.17, 15) is 14.4 Å². The molecule has 0 saturated carbocycles. The fourth-order valence-electron chi connectivity index (χ4n) is 4.27. The highest BCUT2D eigenvalue weighted by Crippen LogP contribution is 2.29. The Balaban J connectivity index is 1.49. The Kier molecular flexibility index (Phi) is 6.02. The van der Waals surface area contributed by atoms with Gasteiger partial charge < -0.3 is 14.4 Å². The van der Waals surface area contributed by atoms with E-state index >= 15 is 0 Å². The van der Waals surface area contributed by atoms with Crippen molar-refractivity contribution in [2.24, 2.45) is 0 Å². The Morgan fingerprint density at radius 1 is 0.969 bits per heavy atom. The van der Waals surface area contributed by atoms with Crippen LogP contribution < -0.4 is 0 Å². The number of hydrogen-bond donors (Lipinski definition) is 0. The average molecular weight is 437 g/mol. The van der Waals surface area contributed by atoms with Crippen molar-refractivity contribution in [2.45, 2.75) is 51.5 Å². The molecule has 2 aliphatic heterocycles. The molecule has 7 nitrogen and oxygen atoms in total. The van der Waals surface area contributed by atoms with Crippen LogP contribution in [0.5, 0.6) is 0 Å². The lowest BCUT2D eigenvalue weighted by Crippen LogP contribution is -2.45. The Morgan fingerprint density at radius 2 is 1.56 bits per heavy atom. The van der Waals surface area contributed by atoms with Crippen molar-refractivity contribution in [3.8, 4) is 0 Å². The second-order valence-electron chi connectivity index (χ2n) is 9.20. The lowest BCUT2D eigenvalue weighted by atomic mass is 10.1. The van der Waals surface area contributed by atoms with Gasteiger partial charge >= 0.3 is 6.09 Å². The van der Waals surface area contributed by atoms with E-state index in [4.69, 9.17) is 9.47 Å². The SMILES string of the molecule is CC(C)(C)OC1CC(CN2C(=O)c3ccccc3C2=O)N(C(=O)OCc2ccccc2)C1. The maximum atomic E-state index is 13.0. The highest BCUT2D eigenvalue weighted by molar-refractivity contribution is 6.21. The fourth-order valence-corrected chi connectivity index (χ4v) is 4.27. The van der Waals surface area contributed by atoms with E-state index in [1.807, 2.05) is 51.1 Å². The second-order valence-corrected chi connectivity index (χ2v) is 9.20. The van der Waals surface area contributed by atoms with Crippen LogP contribution in [0.15, 0.2) is 54.6 Å². The van der Waals surface area contributed by atoms with Crippen LogP contribution in [0.3, 0.4) is 0 Å². The van der Waals surface area contributed by atoms with Gasteiger partial charge in [0.15, 0.2) is 0 Å². The number of ether oxygens (including phenoxy) is 2. The molecule has 3 amide bonds. The van der Waals surface area contributed by atoms with Crippen LogP contribution in [-0.2, 0) is 16.1 Å². The summed E-state index contributed by atoms with van der Waals surface area (Å²) in [7, 11) is 0. The minimum Gasteiger partial charge on any atom is -0.445 e. The van der Waals surface area contributed by atoms with Crippen molar-refractivity contribution >= 4 is 17.9 Å². The maximum Gasteiger partial charge on any atom is 0.410 e. The molecule has 2 aliphatic rings. The highest BCUT2D eigenvalue weighted by atomic mass is 16.6. The Morgan fingerprint density at radius 3 is 2.16 bits per heavy atom. The second kappa shape index (κ2) is 8.74. The van der Waals surface area contributed by atoms with E-state index in [1.165, 1.54) is 4.90 Å². The van der Waals surface area contributed by atoms with Gasteiger partial charge in [0.2, 0.25) is 0 Å². The quantitative estimate of drug-likeness (QED) is 0.665. The van der Waals surface area contributed by atoms with Crippen molar-refractivity contribution in [3.05, 3.63) is 71.3 Å². The molecule has 1 fully saturated rings. The monoisotopic (exact) mass is 436 g/mol. The molecule has 0 spiro atoms. The Bertz CT molecular complexity index is 979. The van der Waals surface area contributed by atoms with Gasteiger partial charge in [-0.3, -0.25) is 14.5 Å². The number of nitrogens with zero attached hydrogens (tertiary/aromatic N) is 2. The van der Waals surface area contributed by atoms with Crippen LogP contribution >= 0.6 is 0 Å². The number of imide groups is 1. The number of carbonyl (C=O) groups excluding carboxylic acids is 3. The zero-order valence-corrected chi connectivity index (χ0v) is 18.6. The maximum absolute atomic E-state index is 13.0. The minimum absolute atomic E-state index is 0.108. The molecule has 4 rings (SSSR count). The number of benzene rings is 2. The molecule has 2 aromatic carbocycles. The molecule has 168 valence electrons. The van der Waals surface area contributed by atoms with Gasteiger partial charge in [-0.2, -0.15) is 0 Å². The summed E-state index contributed by atoms with van der Waals surface area (Å²) in [6.45, 7) is 6.49. The lowest BCUT2D eigenvalue weighted by molar-refractivity contribution is -0.0540. The van der Waals surface area contributed by atoms with Gasteiger partial charge in [-0.1, -0.05) is 42.5 Å². The first-order chi connectivity index (χ1) is 15.2. The fraction of sp³-hybridized carbons (Fsp3) is 0.400. The predicted octanol–water partition coefficient (Wildman–Crippen LogP) is 3.88. The van der Waals surface area contributed by atoms with E-state index in [0.717, 1.165) is 5.56 Å². The van der Waals surface area contributed by atoms with E-state index < -0.39 is 6.09 Å². The molecular weight excluding hydrogens is 408 g/mol. The molecule has 1 saturated heterocycles. The van der Waals surface area contributed by atoms with Crippen LogP contribution in [-0.4, -0.2) is 58.5 Å². The Labute approximate surface area is 187 Å². The van der Waals surface area contributed by atoms with Gasteiger partial charge in [0, 0.05) is 0 Å². The zero-order chi connectivity index (χ0) is 22.9. The van der Waals surface area contributed by atoms with Gasteiger partial charge in [-0.15, -0.1) is 0 Å². The van der Waals surface area contributed by atoms with Gasteiger partial charge in [0.05, 0.1) is 42.0 Å². The third-order valence-corrected chi connectivity index (χ3v) is 5.61. The zero-order valence-electron chi connectivity index (χ0n) is 18.6. The lowest BCUT2D eigenvalue weighted by Gasteiger charge is -2.27. The predicted molar refractivity (Wildman–Crippen MR) is 118 cm³/mol. The van der Waals surface area contributed by atoms with E-state index in [1.54, 1.807) is 29.2 Å². The minimum atomic E-state index is -0.476. The summed E-state index contributed by atoms with van der Waals surface area (Å²) in [5, 5.41) is 0. The summed E-state index contributed by atoms with van der Waals surface area (Å²) in [6.07, 6.45) is -0.166. The molecule has 0 aliphatic carbocycles. The molecular formula is C25H28N2O5. The first-order valence-corrected chi connectivity index (χ1v) is 10.8. The van der Waals surface area contributed by atoms with Crippen molar-refractivity contribution in [2.75, 3.05) is 13.1 Å². The van der Waals surface area contributed by atoms with Crippen molar-refractivity contribution in [3.63, 3.8) is 0 Å². The molecule has 2 unspecified atom stereocenters. The van der Waals surface area contributed by atoms with Crippen LogP contribution in [0.25, 0.3) is 0 Å². The van der Waals surface area contributed by atoms with Gasteiger partial charge in [0.1, 0.15) is 6.61 Å². The highest BCUT2D eigenvalue weighted by Gasteiger charge is 2.43. The third kappa shape index (κ3) is 4.67. The first kappa shape index (κ1) is 22.0. The standard InChI is InChI=1S/C25H28N2O5/c1-25(2,3)32-19-13-18(14-27-22(28)20-11-7-8-12-21(20)23(27)29)26(15-19)24(30)31-16-17-9-5-4-6-10-17/h4-12,18-19H,13-16H2,1-3H3. The Hall–Kier alpha value is -3.19. The van der Waals surface area contributed by atoms with Gasteiger partial charge in [-0.05, 0) is 44.9 Å². The summed E-state index contributed by atoms with van der Waals surface area (Å²) < 4.78 is 11.7. The molecule has 0 aromatic heterocycles. The van der Waals surface area contributed by atoms with Crippen molar-refractivity contribution in [1.29, 1.82) is 0 Å². The molecule has 7 heteroatoms. The number of rotatable bonds is 5. The largest absolute Gasteiger partial charge is 0.445 e. The number of carbonyl (C=O) groups is 3. The molecule has 0 N–H and O–H groups in total. The third-order valence-electron chi connectivity index (χ3n) is 5.61. The van der Waals surface area contributed by atoms with Crippen molar-refractivity contribution in [1.82, 2.24) is 9.80 Å². The summed E-state index contributed by atoms with van der Waals surface area (Å²) >= 11 is 0. The molecule has 2 atom stereocenters. The summed E-state index contributed by atoms with van der Waals surface area (Å²) in [4.78, 5) is 41.4. The van der Waals surface area contributed by atoms with Gasteiger partial charge in [0.25, 0.3) is 11.8 Å². The summed E-state index contributed by atoms with van der Waals surface area (Å²) in [6, 6.07) is 15.9.